The minimum absolute atomic E-state index is 0. The maximum atomic E-state index is 13.6. The molecule has 3 fully saturated rings. The van der Waals surface area contributed by atoms with Crippen LogP contribution in [0.1, 0.15) is 55.8 Å². The van der Waals surface area contributed by atoms with Crippen LogP contribution in [0.15, 0.2) is 73.1 Å². The van der Waals surface area contributed by atoms with Crippen molar-refractivity contribution in [3.05, 3.63) is 89.9 Å². The smallest absolute Gasteiger partial charge is 0.223 e. The minimum Gasteiger partial charge on any atom is -0.368 e. The van der Waals surface area contributed by atoms with Gasteiger partial charge in [0, 0.05) is 67.8 Å². The van der Waals surface area contributed by atoms with Gasteiger partial charge in [0.15, 0.2) is 0 Å². The van der Waals surface area contributed by atoms with Gasteiger partial charge < -0.3 is 15.1 Å². The Morgan fingerprint density at radius 2 is 1.82 bits per heavy atom. The molecule has 6 heteroatoms. The highest BCUT2D eigenvalue weighted by Gasteiger charge is 2.74. The van der Waals surface area contributed by atoms with Crippen LogP contribution < -0.4 is 10.2 Å². The van der Waals surface area contributed by atoms with Crippen molar-refractivity contribution in [1.82, 2.24) is 20.2 Å². The van der Waals surface area contributed by atoms with Crippen molar-refractivity contribution in [3.63, 3.8) is 0 Å². The second-order valence-corrected chi connectivity index (χ2v) is 12.1. The van der Waals surface area contributed by atoms with Gasteiger partial charge in [-0.15, -0.1) is 0 Å². The van der Waals surface area contributed by atoms with Crippen LogP contribution >= 0.6 is 0 Å². The molecule has 3 unspecified atom stereocenters. The van der Waals surface area contributed by atoms with Crippen molar-refractivity contribution in [3.8, 4) is 0 Å². The third kappa shape index (κ3) is 3.47. The number of rotatable bonds is 4. The molecule has 0 bridgehead atoms. The number of allylic oxidation sites excluding steroid dienone is 4. The van der Waals surface area contributed by atoms with Gasteiger partial charge in [0.1, 0.15) is 6.33 Å². The van der Waals surface area contributed by atoms with Crippen LogP contribution in [0.25, 0.3) is 10.9 Å². The number of hydrogen-bond donors (Lipinski definition) is 1. The summed E-state index contributed by atoms with van der Waals surface area (Å²) in [7, 11) is 0. The molecule has 1 N–H and O–H groups in total. The number of carbonyl (C=O) groups excluding carboxylic acids is 1. The number of nitrogens with one attached hydrogen (secondary N) is 1. The fourth-order valence-corrected chi connectivity index (χ4v) is 8.25. The maximum Gasteiger partial charge on any atom is 0.223 e. The van der Waals surface area contributed by atoms with Crippen LogP contribution in [-0.4, -0.2) is 60.0 Å². The second-order valence-electron chi connectivity index (χ2n) is 12.1. The van der Waals surface area contributed by atoms with Gasteiger partial charge in [-0.3, -0.25) is 4.79 Å². The third-order valence-electron chi connectivity index (χ3n) is 10.4. The van der Waals surface area contributed by atoms with Crippen LogP contribution in [0, 0.1) is 5.41 Å². The minimum atomic E-state index is 0. The van der Waals surface area contributed by atoms with Crippen LogP contribution in [-0.2, 0) is 10.2 Å². The van der Waals surface area contributed by atoms with E-state index in [2.05, 4.69) is 91.9 Å². The van der Waals surface area contributed by atoms with Crippen LogP contribution in [0.3, 0.4) is 0 Å². The van der Waals surface area contributed by atoms with Crippen LogP contribution in [0.2, 0.25) is 0 Å². The molecule has 1 saturated carbocycles. The Balaban J connectivity index is 0.00000264. The molecule has 2 saturated heterocycles. The van der Waals surface area contributed by atoms with E-state index in [1.165, 1.54) is 27.9 Å². The zero-order valence-corrected chi connectivity index (χ0v) is 22.4. The first kappa shape index (κ1) is 23.4. The highest BCUT2D eigenvalue weighted by Crippen LogP contribution is 2.79. The van der Waals surface area contributed by atoms with E-state index in [9.17, 15) is 4.79 Å². The first-order chi connectivity index (χ1) is 19.2. The molecule has 3 aromatic rings. The zero-order valence-electron chi connectivity index (χ0n) is 22.4. The lowest BCUT2D eigenvalue weighted by Crippen LogP contribution is -2.49. The normalized spacial score (nSPS) is 29.3. The Morgan fingerprint density at radius 1 is 1.00 bits per heavy atom. The fourth-order valence-electron chi connectivity index (χ4n) is 8.25. The van der Waals surface area contributed by atoms with E-state index < -0.39 is 0 Å². The third-order valence-corrected chi connectivity index (χ3v) is 10.4. The lowest BCUT2D eigenvalue weighted by atomic mass is 9.81. The predicted octanol–water partition coefficient (Wildman–Crippen LogP) is 4.93. The molecule has 0 spiro atoms. The van der Waals surface area contributed by atoms with Gasteiger partial charge in [-0.25, -0.2) is 9.97 Å². The Morgan fingerprint density at radius 3 is 2.69 bits per heavy atom. The summed E-state index contributed by atoms with van der Waals surface area (Å²) in [6.07, 6.45) is 14.9. The molecule has 39 heavy (non-hydrogen) atoms. The number of hydrogen-bond acceptors (Lipinski definition) is 5. The molecule has 5 aliphatic rings. The topological polar surface area (TPSA) is 61.4 Å². The molecule has 6 nitrogen and oxygen atoms in total. The van der Waals surface area contributed by atoms with E-state index >= 15 is 0 Å². The maximum absolute atomic E-state index is 13.6. The van der Waals surface area contributed by atoms with Crippen molar-refractivity contribution in [2.45, 2.75) is 42.9 Å². The highest BCUT2D eigenvalue weighted by atomic mass is 16.2. The van der Waals surface area contributed by atoms with Gasteiger partial charge in [0.25, 0.3) is 0 Å². The number of anilines is 1. The van der Waals surface area contributed by atoms with Crippen molar-refractivity contribution in [2.75, 3.05) is 44.2 Å². The van der Waals surface area contributed by atoms with Crippen molar-refractivity contribution in [2.24, 2.45) is 5.41 Å². The standard InChI is InChI=1S/C33H35N5O.H2/c39-30(20-28-25-5-1-2-6-27(25)32-11-3-4-12-33(28,32)21-32)38-17-15-37(16-18-38)24-7-8-26-29(19-24)35-22-36-31(26)23-9-13-34-14-10-23;/h1-8,11-12,19,22-23,28,34H,9-10,13-18,20-21H2;1H. The highest BCUT2D eigenvalue weighted by molar-refractivity contribution is 5.85. The van der Waals surface area contributed by atoms with E-state index in [0.29, 0.717) is 18.2 Å². The summed E-state index contributed by atoms with van der Waals surface area (Å²) in [4.78, 5) is 27.5. The average Bonchev–Trinajstić information content (AvgIpc) is 3.65. The molecule has 2 aliphatic heterocycles. The van der Waals surface area contributed by atoms with Crippen LogP contribution in [0.4, 0.5) is 5.69 Å². The molecule has 2 aromatic carbocycles. The molecule has 3 heterocycles. The quantitative estimate of drug-likeness (QED) is 0.530. The molecule has 1 aromatic heterocycles. The number of piperazine rings is 1. The van der Waals surface area contributed by atoms with Crippen LogP contribution in [0.5, 0.6) is 0 Å². The van der Waals surface area contributed by atoms with Gasteiger partial charge in [-0.05, 0) is 61.7 Å². The summed E-state index contributed by atoms with van der Waals surface area (Å²) < 4.78 is 0. The average molecular weight is 520 g/mol. The Bertz CT molecular complexity index is 1520. The molecular weight excluding hydrogens is 482 g/mol. The second kappa shape index (κ2) is 8.75. The van der Waals surface area contributed by atoms with Gasteiger partial charge in [0.05, 0.1) is 11.2 Å². The van der Waals surface area contributed by atoms with Crippen molar-refractivity contribution >= 4 is 22.5 Å². The zero-order chi connectivity index (χ0) is 26.0. The Kier molecular flexibility index (Phi) is 5.25. The number of amides is 1. The van der Waals surface area contributed by atoms with E-state index in [4.69, 9.17) is 0 Å². The van der Waals surface area contributed by atoms with Crippen molar-refractivity contribution in [1.29, 1.82) is 0 Å². The van der Waals surface area contributed by atoms with Gasteiger partial charge in [0.2, 0.25) is 5.91 Å². The molecule has 3 aliphatic carbocycles. The van der Waals surface area contributed by atoms with E-state index in [1.54, 1.807) is 6.33 Å². The number of fused-ring (bicyclic) bond motifs is 2. The van der Waals surface area contributed by atoms with E-state index in [1.807, 2.05) is 0 Å². The monoisotopic (exact) mass is 519 g/mol. The van der Waals surface area contributed by atoms with Gasteiger partial charge in [-0.2, -0.15) is 0 Å². The SMILES string of the molecule is O=C(CC1c2ccccc2C23C=CC=CC12C3)N1CCN(c2ccc3c(C4CCNCC4)ncnc3c2)CC1.[HH]. The van der Waals surface area contributed by atoms with E-state index in [0.717, 1.165) is 64.0 Å². The number of carbonyl (C=O) groups is 1. The summed E-state index contributed by atoms with van der Waals surface area (Å²) in [5, 5.41) is 4.63. The molecule has 8 rings (SSSR count). The summed E-state index contributed by atoms with van der Waals surface area (Å²) >= 11 is 0. The van der Waals surface area contributed by atoms with E-state index in [-0.39, 0.29) is 18.2 Å². The predicted molar refractivity (Wildman–Crippen MR) is 156 cm³/mol. The number of aromatic nitrogens is 2. The summed E-state index contributed by atoms with van der Waals surface area (Å²) in [5.74, 6) is 1.08. The Hall–Kier alpha value is -3.51. The van der Waals surface area contributed by atoms with Crippen molar-refractivity contribution < 1.29 is 6.22 Å². The molecule has 0 radical (unpaired) electrons. The number of benzene rings is 2. The number of nitrogens with zero attached hydrogens (tertiary/aromatic N) is 4. The summed E-state index contributed by atoms with van der Waals surface area (Å²) in [6.45, 7) is 5.34. The summed E-state index contributed by atoms with van der Waals surface area (Å²) in [5.41, 5.74) is 6.45. The van der Waals surface area contributed by atoms with Gasteiger partial charge >= 0.3 is 0 Å². The van der Waals surface area contributed by atoms with Gasteiger partial charge in [-0.1, -0.05) is 48.6 Å². The lowest BCUT2D eigenvalue weighted by Gasteiger charge is -2.37. The fraction of sp³-hybridized carbons (Fsp3) is 0.424. The summed E-state index contributed by atoms with van der Waals surface area (Å²) in [6, 6.07) is 15.5. The lowest BCUT2D eigenvalue weighted by molar-refractivity contribution is -0.132. The first-order valence-electron chi connectivity index (χ1n) is 14.6. The molecule has 200 valence electrons. The largest absolute Gasteiger partial charge is 0.368 e. The molecule has 1 amide bonds. The number of piperidine rings is 1. The Labute approximate surface area is 231 Å². The molecule has 3 atom stereocenters. The molecular formula is C33H37N5O. The first-order valence-corrected chi connectivity index (χ1v) is 14.6.